The van der Waals surface area contributed by atoms with Crippen LogP contribution < -0.4 is 5.32 Å². The van der Waals surface area contributed by atoms with E-state index in [0.29, 0.717) is 12.3 Å². The summed E-state index contributed by atoms with van der Waals surface area (Å²) in [5.41, 5.74) is 5.29. The van der Waals surface area contributed by atoms with Gasteiger partial charge in [0.15, 0.2) is 0 Å². The minimum absolute atomic E-state index is 0.0658. The lowest BCUT2D eigenvalue weighted by molar-refractivity contribution is -0.115. The number of pyridine rings is 1. The molecule has 0 radical (unpaired) electrons. The van der Waals surface area contributed by atoms with Crippen LogP contribution in [-0.4, -0.2) is 10.9 Å². The van der Waals surface area contributed by atoms with E-state index in [-0.39, 0.29) is 5.91 Å². The van der Waals surface area contributed by atoms with Gasteiger partial charge in [0.25, 0.3) is 0 Å². The van der Waals surface area contributed by atoms with E-state index in [1.165, 1.54) is 5.56 Å². The summed E-state index contributed by atoms with van der Waals surface area (Å²) in [5.74, 6) is 0.551. The summed E-state index contributed by atoms with van der Waals surface area (Å²) in [4.78, 5) is 15.8. The number of anilines is 1. The fourth-order valence-electron chi connectivity index (χ4n) is 2.35. The van der Waals surface area contributed by atoms with Crippen molar-refractivity contribution in [1.82, 2.24) is 4.98 Å². The zero-order valence-corrected chi connectivity index (χ0v) is 11.1. The van der Waals surface area contributed by atoms with Crippen molar-refractivity contribution in [2.45, 2.75) is 26.2 Å². The number of carbonyl (C=O) groups is 1. The molecule has 1 N–H and O–H groups in total. The molecule has 0 atom stereocenters. The van der Waals surface area contributed by atoms with Crippen LogP contribution in [0.4, 0.5) is 5.69 Å². The number of rotatable bonds is 2. The van der Waals surface area contributed by atoms with Gasteiger partial charge >= 0.3 is 0 Å². The van der Waals surface area contributed by atoms with E-state index >= 15 is 0 Å². The molecule has 1 aromatic heterocycles. The third-order valence-electron chi connectivity index (χ3n) is 3.48. The maximum absolute atomic E-state index is 11.4. The topological polar surface area (TPSA) is 42.0 Å². The Balaban J connectivity index is 2.01. The van der Waals surface area contributed by atoms with Gasteiger partial charge in [-0.1, -0.05) is 19.9 Å². The molecule has 1 amide bonds. The van der Waals surface area contributed by atoms with Gasteiger partial charge in [-0.15, -0.1) is 0 Å². The van der Waals surface area contributed by atoms with Crippen molar-refractivity contribution in [3.05, 3.63) is 47.7 Å². The molecule has 19 heavy (non-hydrogen) atoms. The van der Waals surface area contributed by atoms with Crippen molar-refractivity contribution >= 4 is 11.6 Å². The Morgan fingerprint density at radius 2 is 2.05 bits per heavy atom. The largest absolute Gasteiger partial charge is 0.326 e. The highest BCUT2D eigenvalue weighted by atomic mass is 16.1. The number of amides is 1. The number of carbonyl (C=O) groups excluding carboxylic acids is 1. The predicted octanol–water partition coefficient (Wildman–Crippen LogP) is 3.37. The van der Waals surface area contributed by atoms with Gasteiger partial charge in [0, 0.05) is 17.4 Å². The summed E-state index contributed by atoms with van der Waals surface area (Å²) in [6.07, 6.45) is 2.31. The quantitative estimate of drug-likeness (QED) is 0.890. The Kier molecular flexibility index (Phi) is 2.82. The van der Waals surface area contributed by atoms with E-state index in [1.807, 2.05) is 24.4 Å². The maximum atomic E-state index is 11.4. The summed E-state index contributed by atoms with van der Waals surface area (Å²) < 4.78 is 0. The molecule has 0 unspecified atom stereocenters. The predicted molar refractivity (Wildman–Crippen MR) is 76.1 cm³/mol. The van der Waals surface area contributed by atoms with Gasteiger partial charge in [0.1, 0.15) is 0 Å². The van der Waals surface area contributed by atoms with Crippen LogP contribution in [0.2, 0.25) is 0 Å². The van der Waals surface area contributed by atoms with Crippen LogP contribution in [0.1, 0.15) is 30.9 Å². The molecule has 3 heteroatoms. The minimum atomic E-state index is 0.0658. The first-order valence-corrected chi connectivity index (χ1v) is 6.52. The molecule has 2 heterocycles. The van der Waals surface area contributed by atoms with Crippen molar-refractivity contribution < 1.29 is 4.79 Å². The summed E-state index contributed by atoms with van der Waals surface area (Å²) in [5, 5.41) is 2.85. The van der Waals surface area contributed by atoms with Crippen molar-refractivity contribution in [3.63, 3.8) is 0 Å². The summed E-state index contributed by atoms with van der Waals surface area (Å²) >= 11 is 0. The highest BCUT2D eigenvalue weighted by molar-refractivity contribution is 5.99. The number of fused-ring (bicyclic) bond motifs is 1. The van der Waals surface area contributed by atoms with E-state index in [2.05, 4.69) is 36.3 Å². The fraction of sp³-hybridized carbons (Fsp3) is 0.250. The molecule has 3 rings (SSSR count). The third-order valence-corrected chi connectivity index (χ3v) is 3.48. The van der Waals surface area contributed by atoms with Gasteiger partial charge in [0.05, 0.1) is 12.1 Å². The van der Waals surface area contributed by atoms with Crippen LogP contribution in [-0.2, 0) is 11.2 Å². The van der Waals surface area contributed by atoms with Gasteiger partial charge < -0.3 is 5.32 Å². The molecule has 0 spiro atoms. The average Bonchev–Trinajstić information content (AvgIpc) is 2.77. The molecule has 2 aromatic rings. The number of hydrogen-bond donors (Lipinski definition) is 1. The van der Waals surface area contributed by atoms with Gasteiger partial charge in [-0.05, 0) is 41.3 Å². The molecular weight excluding hydrogens is 236 g/mol. The second kappa shape index (κ2) is 4.50. The molecule has 1 aromatic carbocycles. The molecule has 3 nitrogen and oxygen atoms in total. The summed E-state index contributed by atoms with van der Waals surface area (Å²) in [7, 11) is 0. The zero-order chi connectivity index (χ0) is 13.4. The van der Waals surface area contributed by atoms with Crippen molar-refractivity contribution in [3.8, 4) is 11.3 Å². The van der Waals surface area contributed by atoms with Gasteiger partial charge in [-0.2, -0.15) is 0 Å². The van der Waals surface area contributed by atoms with Crippen LogP contribution in [0, 0.1) is 0 Å². The normalized spacial score (nSPS) is 13.5. The fourth-order valence-corrected chi connectivity index (χ4v) is 2.35. The van der Waals surface area contributed by atoms with Crippen LogP contribution in [0.3, 0.4) is 0 Å². The molecule has 0 fully saturated rings. The molecule has 0 saturated heterocycles. The third kappa shape index (κ3) is 2.24. The number of nitrogens with zero attached hydrogens (tertiary/aromatic N) is 1. The molecule has 1 aliphatic rings. The van der Waals surface area contributed by atoms with Gasteiger partial charge in [0.2, 0.25) is 5.91 Å². The number of aromatic nitrogens is 1. The molecule has 0 saturated carbocycles. The van der Waals surface area contributed by atoms with Crippen molar-refractivity contribution in [2.75, 3.05) is 5.32 Å². The molecule has 96 valence electrons. The second-order valence-electron chi connectivity index (χ2n) is 5.23. The highest BCUT2D eigenvalue weighted by Gasteiger charge is 2.18. The van der Waals surface area contributed by atoms with Crippen molar-refractivity contribution in [2.24, 2.45) is 0 Å². The Morgan fingerprint density at radius 1 is 1.21 bits per heavy atom. The second-order valence-corrected chi connectivity index (χ2v) is 5.23. The van der Waals surface area contributed by atoms with Crippen LogP contribution in [0.15, 0.2) is 36.5 Å². The number of benzene rings is 1. The van der Waals surface area contributed by atoms with E-state index in [4.69, 9.17) is 0 Å². The van der Waals surface area contributed by atoms with E-state index in [1.54, 1.807) is 0 Å². The van der Waals surface area contributed by atoms with Crippen molar-refractivity contribution in [1.29, 1.82) is 0 Å². The zero-order valence-electron chi connectivity index (χ0n) is 11.1. The van der Waals surface area contributed by atoms with E-state index in [0.717, 1.165) is 22.5 Å². The Labute approximate surface area is 112 Å². The molecule has 1 aliphatic heterocycles. The smallest absolute Gasteiger partial charge is 0.228 e. The lowest BCUT2D eigenvalue weighted by atomic mass is 10.0. The van der Waals surface area contributed by atoms with E-state index < -0.39 is 0 Å². The lowest BCUT2D eigenvalue weighted by Gasteiger charge is -2.08. The summed E-state index contributed by atoms with van der Waals surface area (Å²) in [6, 6.07) is 10.2. The number of nitrogens with one attached hydrogen (secondary N) is 1. The molecular formula is C16H16N2O. The first kappa shape index (κ1) is 11.9. The van der Waals surface area contributed by atoms with Crippen LogP contribution in [0.25, 0.3) is 11.3 Å². The average molecular weight is 252 g/mol. The first-order valence-electron chi connectivity index (χ1n) is 6.52. The van der Waals surface area contributed by atoms with Crippen LogP contribution in [0.5, 0.6) is 0 Å². The summed E-state index contributed by atoms with van der Waals surface area (Å²) in [6.45, 7) is 4.34. The Morgan fingerprint density at radius 3 is 2.84 bits per heavy atom. The van der Waals surface area contributed by atoms with Gasteiger partial charge in [-0.25, -0.2) is 0 Å². The standard InChI is InChI=1S/C16H16N2O/c1-10(2)11-5-6-17-15(8-11)12-3-4-14-13(7-12)9-16(19)18-14/h3-8,10H,9H2,1-2H3,(H,18,19). The SMILES string of the molecule is CC(C)c1ccnc(-c2ccc3c(c2)CC(=O)N3)c1. The molecule has 0 aliphatic carbocycles. The lowest BCUT2D eigenvalue weighted by Crippen LogP contribution is -2.03. The minimum Gasteiger partial charge on any atom is -0.326 e. The van der Waals surface area contributed by atoms with Crippen LogP contribution >= 0.6 is 0 Å². The van der Waals surface area contributed by atoms with Gasteiger partial charge in [-0.3, -0.25) is 9.78 Å². The highest BCUT2D eigenvalue weighted by Crippen LogP contribution is 2.29. The monoisotopic (exact) mass is 252 g/mol. The molecule has 0 bridgehead atoms. The Hall–Kier alpha value is -2.16. The Bertz CT molecular complexity index is 647. The maximum Gasteiger partial charge on any atom is 0.228 e. The first-order chi connectivity index (χ1) is 9.13. The van der Waals surface area contributed by atoms with E-state index in [9.17, 15) is 4.79 Å². The number of hydrogen-bond acceptors (Lipinski definition) is 2.